The highest BCUT2D eigenvalue weighted by Crippen LogP contribution is 2.30. The van der Waals surface area contributed by atoms with E-state index in [0.717, 1.165) is 25.4 Å². The molecule has 2 N–H and O–H groups in total. The van der Waals surface area contributed by atoms with E-state index in [1.807, 2.05) is 12.1 Å². The summed E-state index contributed by atoms with van der Waals surface area (Å²) >= 11 is 0. The van der Waals surface area contributed by atoms with Crippen LogP contribution in [0, 0.1) is 5.92 Å². The van der Waals surface area contributed by atoms with Crippen LogP contribution in [-0.4, -0.2) is 26.9 Å². The van der Waals surface area contributed by atoms with Gasteiger partial charge in [0.1, 0.15) is 5.75 Å². The minimum Gasteiger partial charge on any atom is -0.497 e. The van der Waals surface area contributed by atoms with Gasteiger partial charge >= 0.3 is 0 Å². The zero-order valence-electron chi connectivity index (χ0n) is 10.4. The van der Waals surface area contributed by atoms with Gasteiger partial charge in [0.25, 0.3) is 0 Å². The molecule has 1 aromatic carbocycles. The molecule has 1 aliphatic heterocycles. The van der Waals surface area contributed by atoms with Crippen LogP contribution in [0.1, 0.15) is 24.3 Å². The first kappa shape index (κ1) is 12.4. The van der Waals surface area contributed by atoms with E-state index < -0.39 is 0 Å². The second kappa shape index (κ2) is 6.03. The molecule has 0 bridgehead atoms. The second-order valence-corrected chi connectivity index (χ2v) is 4.59. The lowest BCUT2D eigenvalue weighted by atomic mass is 9.83. The number of methoxy groups -OCH3 is 1. The van der Waals surface area contributed by atoms with E-state index in [0.29, 0.717) is 18.4 Å². The number of rotatable bonds is 4. The zero-order chi connectivity index (χ0) is 12.1. The van der Waals surface area contributed by atoms with Gasteiger partial charge in [-0.25, -0.2) is 0 Å². The summed E-state index contributed by atoms with van der Waals surface area (Å²) in [6.45, 7) is 2.42. The van der Waals surface area contributed by atoms with Gasteiger partial charge in [-0.05, 0) is 43.0 Å². The van der Waals surface area contributed by atoms with Gasteiger partial charge in [-0.2, -0.15) is 0 Å². The third-order valence-corrected chi connectivity index (χ3v) is 3.56. The number of ether oxygens (including phenoxy) is 2. The average Bonchev–Trinajstić information content (AvgIpc) is 2.42. The first-order valence-corrected chi connectivity index (χ1v) is 6.27. The predicted molar refractivity (Wildman–Crippen MR) is 68.3 cm³/mol. The topological polar surface area (TPSA) is 44.5 Å². The zero-order valence-corrected chi connectivity index (χ0v) is 10.4. The Bertz CT molecular complexity index is 331. The van der Waals surface area contributed by atoms with E-state index in [1.165, 1.54) is 12.0 Å². The SMILES string of the molecule is COc1ccc(C(CN)C2CCCOC2)cc1. The van der Waals surface area contributed by atoms with Crippen molar-refractivity contribution in [3.05, 3.63) is 29.8 Å². The molecular formula is C14H21NO2. The third kappa shape index (κ3) is 2.99. The van der Waals surface area contributed by atoms with Gasteiger partial charge in [0.15, 0.2) is 0 Å². The third-order valence-electron chi connectivity index (χ3n) is 3.56. The Labute approximate surface area is 103 Å². The van der Waals surface area contributed by atoms with Crippen molar-refractivity contribution in [2.45, 2.75) is 18.8 Å². The summed E-state index contributed by atoms with van der Waals surface area (Å²) in [5.74, 6) is 1.85. The molecule has 94 valence electrons. The van der Waals surface area contributed by atoms with Crippen LogP contribution in [0.15, 0.2) is 24.3 Å². The lowest BCUT2D eigenvalue weighted by molar-refractivity contribution is 0.0450. The summed E-state index contributed by atoms with van der Waals surface area (Å²) in [7, 11) is 1.68. The van der Waals surface area contributed by atoms with Crippen molar-refractivity contribution < 1.29 is 9.47 Å². The normalized spacial score (nSPS) is 22.1. The molecule has 0 spiro atoms. The molecule has 0 saturated carbocycles. The highest BCUT2D eigenvalue weighted by molar-refractivity contribution is 5.30. The Morgan fingerprint density at radius 1 is 1.41 bits per heavy atom. The molecule has 2 atom stereocenters. The maximum atomic E-state index is 5.92. The number of benzene rings is 1. The van der Waals surface area contributed by atoms with Gasteiger partial charge in [0.2, 0.25) is 0 Å². The number of nitrogens with two attached hydrogens (primary N) is 1. The quantitative estimate of drug-likeness (QED) is 0.869. The summed E-state index contributed by atoms with van der Waals surface area (Å²) in [6, 6.07) is 8.24. The van der Waals surface area contributed by atoms with Gasteiger partial charge in [-0.15, -0.1) is 0 Å². The minimum absolute atomic E-state index is 0.404. The molecule has 1 heterocycles. The fourth-order valence-electron chi connectivity index (χ4n) is 2.53. The van der Waals surface area contributed by atoms with Gasteiger partial charge in [0, 0.05) is 12.5 Å². The summed E-state index contributed by atoms with van der Waals surface area (Å²) in [5, 5.41) is 0. The molecule has 1 saturated heterocycles. The molecule has 17 heavy (non-hydrogen) atoms. The van der Waals surface area contributed by atoms with Crippen LogP contribution in [-0.2, 0) is 4.74 Å². The standard InChI is InChI=1S/C14H21NO2/c1-16-13-6-4-11(5-7-13)14(9-15)12-3-2-8-17-10-12/h4-7,12,14H,2-3,8-10,15H2,1H3. The van der Waals surface area contributed by atoms with E-state index in [2.05, 4.69) is 12.1 Å². The molecule has 1 aromatic rings. The highest BCUT2D eigenvalue weighted by atomic mass is 16.5. The van der Waals surface area contributed by atoms with Crippen molar-refractivity contribution in [3.63, 3.8) is 0 Å². The molecule has 3 heteroatoms. The van der Waals surface area contributed by atoms with Crippen LogP contribution in [0.4, 0.5) is 0 Å². The average molecular weight is 235 g/mol. The van der Waals surface area contributed by atoms with Crippen LogP contribution in [0.3, 0.4) is 0 Å². The van der Waals surface area contributed by atoms with Gasteiger partial charge in [0.05, 0.1) is 13.7 Å². The fraction of sp³-hybridized carbons (Fsp3) is 0.571. The first-order valence-electron chi connectivity index (χ1n) is 6.27. The Morgan fingerprint density at radius 3 is 2.71 bits per heavy atom. The second-order valence-electron chi connectivity index (χ2n) is 4.59. The van der Waals surface area contributed by atoms with Crippen LogP contribution in [0.25, 0.3) is 0 Å². The fourth-order valence-corrected chi connectivity index (χ4v) is 2.53. The monoisotopic (exact) mass is 235 g/mol. The van der Waals surface area contributed by atoms with E-state index in [1.54, 1.807) is 7.11 Å². The molecule has 2 unspecified atom stereocenters. The lowest BCUT2D eigenvalue weighted by Gasteiger charge is -2.29. The van der Waals surface area contributed by atoms with Gasteiger partial charge < -0.3 is 15.2 Å². The van der Waals surface area contributed by atoms with Crippen molar-refractivity contribution in [1.82, 2.24) is 0 Å². The Kier molecular flexibility index (Phi) is 4.40. The molecule has 0 amide bonds. The smallest absolute Gasteiger partial charge is 0.118 e. The molecule has 2 rings (SSSR count). The Balaban J connectivity index is 2.10. The molecule has 1 fully saturated rings. The summed E-state index contributed by atoms with van der Waals surface area (Å²) in [5.41, 5.74) is 7.21. The summed E-state index contributed by atoms with van der Waals surface area (Å²) in [6.07, 6.45) is 2.37. The molecule has 0 aromatic heterocycles. The molecule has 3 nitrogen and oxygen atoms in total. The molecule has 0 radical (unpaired) electrons. The minimum atomic E-state index is 0.404. The van der Waals surface area contributed by atoms with Crippen molar-refractivity contribution in [2.24, 2.45) is 11.7 Å². The van der Waals surface area contributed by atoms with E-state index in [-0.39, 0.29) is 0 Å². The largest absolute Gasteiger partial charge is 0.497 e. The summed E-state index contributed by atoms with van der Waals surface area (Å²) in [4.78, 5) is 0. The predicted octanol–water partition coefficient (Wildman–Crippen LogP) is 2.16. The maximum Gasteiger partial charge on any atom is 0.118 e. The Hall–Kier alpha value is -1.06. The van der Waals surface area contributed by atoms with Gasteiger partial charge in [-0.3, -0.25) is 0 Å². The first-order chi connectivity index (χ1) is 8.35. The van der Waals surface area contributed by atoms with Crippen LogP contribution in [0.5, 0.6) is 5.75 Å². The number of hydrogen-bond acceptors (Lipinski definition) is 3. The maximum absolute atomic E-state index is 5.92. The van der Waals surface area contributed by atoms with Crippen molar-refractivity contribution in [1.29, 1.82) is 0 Å². The molecule has 0 aliphatic carbocycles. The van der Waals surface area contributed by atoms with Crippen molar-refractivity contribution in [3.8, 4) is 5.75 Å². The van der Waals surface area contributed by atoms with Gasteiger partial charge in [-0.1, -0.05) is 12.1 Å². The van der Waals surface area contributed by atoms with E-state index >= 15 is 0 Å². The molecule has 1 aliphatic rings. The van der Waals surface area contributed by atoms with E-state index in [4.69, 9.17) is 15.2 Å². The number of hydrogen-bond donors (Lipinski definition) is 1. The van der Waals surface area contributed by atoms with Crippen molar-refractivity contribution in [2.75, 3.05) is 26.9 Å². The van der Waals surface area contributed by atoms with E-state index in [9.17, 15) is 0 Å². The van der Waals surface area contributed by atoms with Crippen molar-refractivity contribution >= 4 is 0 Å². The highest BCUT2D eigenvalue weighted by Gasteiger charge is 2.24. The summed E-state index contributed by atoms with van der Waals surface area (Å²) < 4.78 is 10.7. The van der Waals surface area contributed by atoms with Crippen LogP contribution < -0.4 is 10.5 Å². The van der Waals surface area contributed by atoms with Crippen LogP contribution in [0.2, 0.25) is 0 Å². The lowest BCUT2D eigenvalue weighted by Crippen LogP contribution is -2.28. The Morgan fingerprint density at radius 2 is 2.18 bits per heavy atom. The van der Waals surface area contributed by atoms with Crippen LogP contribution >= 0.6 is 0 Å². The molecular weight excluding hydrogens is 214 g/mol.